The third kappa shape index (κ3) is 5.17. The molecular formula is C8H19NO4. The van der Waals surface area contributed by atoms with Crippen LogP contribution >= 0.6 is 0 Å². The van der Waals surface area contributed by atoms with Crippen LogP contribution in [0.4, 0.5) is 0 Å². The summed E-state index contributed by atoms with van der Waals surface area (Å²) in [5.41, 5.74) is -0.741. The van der Waals surface area contributed by atoms with E-state index < -0.39 is 11.6 Å². The van der Waals surface area contributed by atoms with Gasteiger partial charge in [-0.2, -0.15) is 0 Å². The molecule has 4 N–H and O–H groups in total. The van der Waals surface area contributed by atoms with Crippen LogP contribution in [0.3, 0.4) is 0 Å². The van der Waals surface area contributed by atoms with E-state index in [1.807, 2.05) is 0 Å². The van der Waals surface area contributed by atoms with Gasteiger partial charge < -0.3 is 25.4 Å². The van der Waals surface area contributed by atoms with Crippen LogP contribution in [-0.2, 0) is 4.74 Å². The van der Waals surface area contributed by atoms with Crippen LogP contribution in [0, 0.1) is 0 Å². The Morgan fingerprint density at radius 1 is 1.38 bits per heavy atom. The second-order valence-corrected chi connectivity index (χ2v) is 3.37. The molecule has 13 heavy (non-hydrogen) atoms. The van der Waals surface area contributed by atoms with Crippen LogP contribution < -0.4 is 5.32 Å². The standard InChI is InChI=1S/C8H19NO4/c1-8(5-10,6-11)9-3-7(12)4-13-2/h7,9-12H,3-6H2,1-2H3. The molecular weight excluding hydrogens is 174 g/mol. The Labute approximate surface area is 78.3 Å². The van der Waals surface area contributed by atoms with Gasteiger partial charge in [-0.3, -0.25) is 0 Å². The number of β-amino-alcohol motifs (C(OH)–C–C–N with tert-alkyl or cyclic N) is 1. The fourth-order valence-corrected chi connectivity index (χ4v) is 0.777. The van der Waals surface area contributed by atoms with E-state index in [0.717, 1.165) is 0 Å². The third-order valence-corrected chi connectivity index (χ3v) is 1.82. The normalized spacial score (nSPS) is 14.5. The predicted octanol–water partition coefficient (Wildman–Crippen LogP) is -1.67. The molecule has 0 bridgehead atoms. The number of rotatable bonds is 7. The Hall–Kier alpha value is -0.200. The summed E-state index contributed by atoms with van der Waals surface area (Å²) in [5, 5.41) is 29.9. The van der Waals surface area contributed by atoms with Crippen molar-refractivity contribution in [2.24, 2.45) is 0 Å². The summed E-state index contributed by atoms with van der Waals surface area (Å²) in [6.45, 7) is 1.84. The molecule has 5 heteroatoms. The van der Waals surface area contributed by atoms with Gasteiger partial charge in [-0.05, 0) is 6.92 Å². The zero-order valence-electron chi connectivity index (χ0n) is 8.16. The molecule has 0 aromatic carbocycles. The Kier molecular flexibility index (Phi) is 6.19. The zero-order valence-corrected chi connectivity index (χ0v) is 8.16. The van der Waals surface area contributed by atoms with E-state index in [4.69, 9.17) is 14.9 Å². The Morgan fingerprint density at radius 2 is 1.92 bits per heavy atom. The molecule has 0 rings (SSSR count). The average molecular weight is 193 g/mol. The van der Waals surface area contributed by atoms with E-state index in [-0.39, 0.29) is 26.4 Å². The molecule has 0 fully saturated rings. The largest absolute Gasteiger partial charge is 0.394 e. The summed E-state index contributed by atoms with van der Waals surface area (Å²) >= 11 is 0. The number of hydrogen-bond donors (Lipinski definition) is 4. The van der Waals surface area contributed by atoms with Crippen molar-refractivity contribution in [3.63, 3.8) is 0 Å². The number of methoxy groups -OCH3 is 1. The molecule has 0 aliphatic rings. The lowest BCUT2D eigenvalue weighted by Gasteiger charge is -2.27. The summed E-state index contributed by atoms with van der Waals surface area (Å²) in [6, 6.07) is 0. The maximum absolute atomic E-state index is 9.25. The van der Waals surface area contributed by atoms with Crippen molar-refractivity contribution in [1.82, 2.24) is 5.32 Å². The Morgan fingerprint density at radius 3 is 2.31 bits per heavy atom. The number of nitrogens with one attached hydrogen (secondary N) is 1. The van der Waals surface area contributed by atoms with E-state index >= 15 is 0 Å². The van der Waals surface area contributed by atoms with Gasteiger partial charge in [0.25, 0.3) is 0 Å². The minimum Gasteiger partial charge on any atom is -0.394 e. The smallest absolute Gasteiger partial charge is 0.0897 e. The van der Waals surface area contributed by atoms with Gasteiger partial charge in [0.2, 0.25) is 0 Å². The average Bonchev–Trinajstić information content (AvgIpc) is 2.15. The molecule has 0 amide bonds. The summed E-state index contributed by atoms with van der Waals surface area (Å²) in [6.07, 6.45) is -0.623. The SMILES string of the molecule is COCC(O)CNC(C)(CO)CO. The highest BCUT2D eigenvalue weighted by molar-refractivity contribution is 4.82. The molecule has 5 nitrogen and oxygen atoms in total. The number of aliphatic hydroxyl groups is 3. The summed E-state index contributed by atoms with van der Waals surface area (Å²) in [4.78, 5) is 0. The first-order valence-electron chi connectivity index (χ1n) is 4.21. The van der Waals surface area contributed by atoms with Crippen molar-refractivity contribution in [2.45, 2.75) is 18.6 Å². The quantitative estimate of drug-likeness (QED) is 0.388. The fraction of sp³-hybridized carbons (Fsp3) is 1.00. The molecule has 0 aliphatic heterocycles. The Balaban J connectivity index is 3.71. The fourth-order valence-electron chi connectivity index (χ4n) is 0.777. The number of hydrogen-bond acceptors (Lipinski definition) is 5. The second-order valence-electron chi connectivity index (χ2n) is 3.37. The molecule has 0 heterocycles. The lowest BCUT2D eigenvalue weighted by atomic mass is 10.1. The molecule has 0 saturated heterocycles. The highest BCUT2D eigenvalue weighted by Gasteiger charge is 2.22. The maximum atomic E-state index is 9.25. The van der Waals surface area contributed by atoms with Crippen LogP contribution in [0.1, 0.15) is 6.92 Å². The second kappa shape index (κ2) is 6.28. The van der Waals surface area contributed by atoms with Crippen LogP contribution in [0.25, 0.3) is 0 Å². The molecule has 0 radical (unpaired) electrons. The molecule has 0 spiro atoms. The molecule has 0 saturated carbocycles. The molecule has 0 aromatic heterocycles. The van der Waals surface area contributed by atoms with Gasteiger partial charge in [-0.15, -0.1) is 0 Å². The van der Waals surface area contributed by atoms with Gasteiger partial charge in [0.1, 0.15) is 0 Å². The topological polar surface area (TPSA) is 82.0 Å². The number of aliphatic hydroxyl groups excluding tert-OH is 3. The van der Waals surface area contributed by atoms with E-state index in [2.05, 4.69) is 5.32 Å². The van der Waals surface area contributed by atoms with Gasteiger partial charge in [-0.25, -0.2) is 0 Å². The summed E-state index contributed by atoms with van der Waals surface area (Å²) in [7, 11) is 1.50. The van der Waals surface area contributed by atoms with Crippen molar-refractivity contribution < 1.29 is 20.1 Å². The first-order valence-corrected chi connectivity index (χ1v) is 4.21. The molecule has 1 atom stereocenters. The number of ether oxygens (including phenoxy) is 1. The Bertz CT molecular complexity index is 127. The van der Waals surface area contributed by atoms with E-state index in [9.17, 15) is 5.11 Å². The highest BCUT2D eigenvalue weighted by Crippen LogP contribution is 2.00. The molecule has 80 valence electrons. The summed E-state index contributed by atoms with van der Waals surface area (Å²) in [5.74, 6) is 0. The van der Waals surface area contributed by atoms with Crippen LogP contribution in [0.5, 0.6) is 0 Å². The van der Waals surface area contributed by atoms with Gasteiger partial charge in [0.05, 0.1) is 31.5 Å². The highest BCUT2D eigenvalue weighted by atomic mass is 16.5. The zero-order chi connectivity index (χ0) is 10.3. The summed E-state index contributed by atoms with van der Waals surface area (Å²) < 4.78 is 4.72. The van der Waals surface area contributed by atoms with Gasteiger partial charge >= 0.3 is 0 Å². The lowest BCUT2D eigenvalue weighted by molar-refractivity contribution is 0.0444. The van der Waals surface area contributed by atoms with Crippen molar-refractivity contribution >= 4 is 0 Å². The van der Waals surface area contributed by atoms with Crippen molar-refractivity contribution in [2.75, 3.05) is 33.5 Å². The first-order chi connectivity index (χ1) is 6.08. The van der Waals surface area contributed by atoms with Gasteiger partial charge in [0, 0.05) is 13.7 Å². The van der Waals surface area contributed by atoms with Crippen molar-refractivity contribution in [3.8, 4) is 0 Å². The lowest BCUT2D eigenvalue weighted by Crippen LogP contribution is -2.51. The molecule has 0 aromatic rings. The van der Waals surface area contributed by atoms with E-state index in [1.54, 1.807) is 6.92 Å². The monoisotopic (exact) mass is 193 g/mol. The van der Waals surface area contributed by atoms with E-state index in [1.165, 1.54) is 7.11 Å². The molecule has 1 unspecified atom stereocenters. The minimum absolute atomic E-state index is 0.177. The molecule has 0 aliphatic carbocycles. The van der Waals surface area contributed by atoms with Crippen LogP contribution in [0.2, 0.25) is 0 Å². The van der Waals surface area contributed by atoms with Crippen LogP contribution in [-0.4, -0.2) is 60.4 Å². The van der Waals surface area contributed by atoms with Gasteiger partial charge in [-0.1, -0.05) is 0 Å². The van der Waals surface area contributed by atoms with Crippen molar-refractivity contribution in [1.29, 1.82) is 0 Å². The first kappa shape index (κ1) is 12.8. The third-order valence-electron chi connectivity index (χ3n) is 1.82. The van der Waals surface area contributed by atoms with E-state index in [0.29, 0.717) is 0 Å². The minimum atomic E-state index is -0.741. The van der Waals surface area contributed by atoms with Crippen molar-refractivity contribution in [3.05, 3.63) is 0 Å². The van der Waals surface area contributed by atoms with Gasteiger partial charge in [0.15, 0.2) is 0 Å². The van der Waals surface area contributed by atoms with Crippen LogP contribution in [0.15, 0.2) is 0 Å². The predicted molar refractivity (Wildman–Crippen MR) is 48.5 cm³/mol. The maximum Gasteiger partial charge on any atom is 0.0897 e.